The molecule has 0 saturated carbocycles. The standard InChI is InChI=1S/C15H17ClFN5OS2/c16-11-2-1-3-12(17)10(11)8-21-4-6-22(7-5-21)13(23)9-24-15-20-19-14(18)25-15/h1-3H,4-9H2,(H2,18,19). The number of benzene rings is 1. The monoisotopic (exact) mass is 401 g/mol. The van der Waals surface area contributed by atoms with Crippen molar-refractivity contribution in [1.29, 1.82) is 0 Å². The highest BCUT2D eigenvalue weighted by Crippen LogP contribution is 2.24. The van der Waals surface area contributed by atoms with Crippen LogP contribution in [0.1, 0.15) is 5.56 Å². The highest BCUT2D eigenvalue weighted by atomic mass is 35.5. The fourth-order valence-electron chi connectivity index (χ4n) is 2.56. The van der Waals surface area contributed by atoms with Crippen LogP contribution in [0.15, 0.2) is 22.5 Å². The zero-order chi connectivity index (χ0) is 17.8. The van der Waals surface area contributed by atoms with E-state index in [4.69, 9.17) is 17.3 Å². The van der Waals surface area contributed by atoms with Crippen LogP contribution >= 0.6 is 34.7 Å². The average Bonchev–Trinajstić information content (AvgIpc) is 3.02. The molecule has 0 spiro atoms. The number of nitrogens with zero attached hydrogens (tertiary/aromatic N) is 4. The van der Waals surface area contributed by atoms with Crippen LogP contribution in [0.5, 0.6) is 0 Å². The van der Waals surface area contributed by atoms with Gasteiger partial charge in [0, 0.05) is 43.3 Å². The number of carbonyl (C=O) groups excluding carboxylic acids is 1. The number of nitrogens with two attached hydrogens (primary N) is 1. The first-order valence-corrected chi connectivity index (χ1v) is 9.85. The van der Waals surface area contributed by atoms with Crippen molar-refractivity contribution in [1.82, 2.24) is 20.0 Å². The lowest BCUT2D eigenvalue weighted by atomic mass is 10.2. The second-order valence-corrected chi connectivity index (χ2v) is 8.19. The number of piperazine rings is 1. The number of thioether (sulfide) groups is 1. The number of amides is 1. The topological polar surface area (TPSA) is 75.3 Å². The molecule has 10 heteroatoms. The van der Waals surface area contributed by atoms with Gasteiger partial charge in [0.05, 0.1) is 5.75 Å². The van der Waals surface area contributed by atoms with Crippen LogP contribution in [0.3, 0.4) is 0 Å². The predicted molar refractivity (Wildman–Crippen MR) is 98.3 cm³/mol. The fraction of sp³-hybridized carbons (Fsp3) is 0.400. The summed E-state index contributed by atoms with van der Waals surface area (Å²) in [4.78, 5) is 16.2. The van der Waals surface area contributed by atoms with E-state index in [0.717, 1.165) is 0 Å². The van der Waals surface area contributed by atoms with E-state index in [0.29, 0.717) is 58.5 Å². The van der Waals surface area contributed by atoms with Crippen molar-refractivity contribution in [3.05, 3.63) is 34.6 Å². The van der Waals surface area contributed by atoms with Crippen LogP contribution in [0.25, 0.3) is 0 Å². The number of nitrogen functional groups attached to an aromatic ring is 1. The molecule has 1 aromatic carbocycles. The minimum absolute atomic E-state index is 0.0577. The molecular formula is C15H17ClFN5OS2. The van der Waals surface area contributed by atoms with Crippen molar-refractivity contribution in [2.24, 2.45) is 0 Å². The van der Waals surface area contributed by atoms with Gasteiger partial charge in [0.25, 0.3) is 0 Å². The molecule has 1 aromatic heterocycles. The second kappa shape index (κ2) is 8.31. The second-order valence-electron chi connectivity index (χ2n) is 5.55. The molecule has 2 heterocycles. The summed E-state index contributed by atoms with van der Waals surface area (Å²) in [6.45, 7) is 3.06. The van der Waals surface area contributed by atoms with Gasteiger partial charge in [-0.05, 0) is 12.1 Å². The Hall–Kier alpha value is -1.42. The van der Waals surface area contributed by atoms with E-state index in [1.807, 2.05) is 4.90 Å². The Morgan fingerprint density at radius 3 is 2.72 bits per heavy atom. The number of carbonyl (C=O) groups is 1. The Kier molecular flexibility index (Phi) is 6.10. The van der Waals surface area contributed by atoms with Crippen LogP contribution in [0.4, 0.5) is 9.52 Å². The van der Waals surface area contributed by atoms with Crippen LogP contribution in [-0.4, -0.2) is 57.8 Å². The summed E-state index contributed by atoms with van der Waals surface area (Å²) >= 11 is 8.69. The number of hydrogen-bond donors (Lipinski definition) is 1. The Balaban J connectivity index is 1.47. The quantitative estimate of drug-likeness (QED) is 0.775. The van der Waals surface area contributed by atoms with E-state index in [9.17, 15) is 9.18 Å². The number of anilines is 1. The van der Waals surface area contributed by atoms with Crippen LogP contribution < -0.4 is 5.73 Å². The molecule has 3 rings (SSSR count). The summed E-state index contributed by atoms with van der Waals surface area (Å²) < 4.78 is 14.6. The largest absolute Gasteiger partial charge is 0.374 e. The summed E-state index contributed by atoms with van der Waals surface area (Å²) in [5.41, 5.74) is 6.03. The lowest BCUT2D eigenvalue weighted by Crippen LogP contribution is -2.48. The first kappa shape index (κ1) is 18.4. The Labute approximate surface area is 158 Å². The van der Waals surface area contributed by atoms with Crippen LogP contribution in [0.2, 0.25) is 5.02 Å². The lowest BCUT2D eigenvalue weighted by Gasteiger charge is -2.34. The van der Waals surface area contributed by atoms with Crippen molar-refractivity contribution >= 4 is 45.7 Å². The maximum absolute atomic E-state index is 13.9. The van der Waals surface area contributed by atoms with E-state index in [2.05, 4.69) is 15.1 Å². The zero-order valence-electron chi connectivity index (χ0n) is 13.3. The number of halogens is 2. The molecule has 2 aromatic rings. The molecule has 6 nitrogen and oxygen atoms in total. The minimum atomic E-state index is -0.293. The lowest BCUT2D eigenvalue weighted by molar-refractivity contribution is -0.130. The third kappa shape index (κ3) is 4.81. The predicted octanol–water partition coefficient (Wildman–Crippen LogP) is 2.35. The van der Waals surface area contributed by atoms with Gasteiger partial charge in [0.2, 0.25) is 11.0 Å². The van der Waals surface area contributed by atoms with Crippen molar-refractivity contribution in [3.63, 3.8) is 0 Å². The molecule has 0 atom stereocenters. The summed E-state index contributed by atoms with van der Waals surface area (Å²) in [6.07, 6.45) is 0. The fourth-order valence-corrected chi connectivity index (χ4v) is 4.32. The molecule has 2 N–H and O–H groups in total. The molecular weight excluding hydrogens is 385 g/mol. The van der Waals surface area contributed by atoms with Gasteiger partial charge in [-0.15, -0.1) is 10.2 Å². The molecule has 1 saturated heterocycles. The van der Waals surface area contributed by atoms with E-state index >= 15 is 0 Å². The molecule has 1 aliphatic heterocycles. The highest BCUT2D eigenvalue weighted by Gasteiger charge is 2.22. The first-order chi connectivity index (χ1) is 12.0. The van der Waals surface area contributed by atoms with Crippen LogP contribution in [-0.2, 0) is 11.3 Å². The van der Waals surface area contributed by atoms with E-state index < -0.39 is 0 Å². The minimum Gasteiger partial charge on any atom is -0.374 e. The van der Waals surface area contributed by atoms with E-state index in [1.54, 1.807) is 12.1 Å². The molecule has 1 fully saturated rings. The first-order valence-electron chi connectivity index (χ1n) is 7.67. The Bertz CT molecular complexity index is 731. The Morgan fingerprint density at radius 2 is 2.08 bits per heavy atom. The van der Waals surface area contributed by atoms with Gasteiger partial charge in [-0.1, -0.05) is 40.8 Å². The number of aromatic nitrogens is 2. The molecule has 1 aliphatic rings. The third-order valence-electron chi connectivity index (χ3n) is 3.91. The molecule has 0 aliphatic carbocycles. The van der Waals surface area contributed by atoms with E-state index in [1.165, 1.54) is 29.2 Å². The molecule has 1 amide bonds. The van der Waals surface area contributed by atoms with Gasteiger partial charge < -0.3 is 10.6 Å². The van der Waals surface area contributed by atoms with Crippen molar-refractivity contribution in [3.8, 4) is 0 Å². The summed E-state index contributed by atoms with van der Waals surface area (Å²) in [7, 11) is 0. The van der Waals surface area contributed by atoms with E-state index in [-0.39, 0.29) is 11.7 Å². The third-order valence-corrected chi connectivity index (χ3v) is 6.13. The number of rotatable bonds is 5. The number of hydrogen-bond acceptors (Lipinski definition) is 7. The molecule has 0 bridgehead atoms. The van der Waals surface area contributed by atoms with Gasteiger partial charge >= 0.3 is 0 Å². The SMILES string of the molecule is Nc1nnc(SCC(=O)N2CCN(Cc3c(F)cccc3Cl)CC2)s1. The maximum atomic E-state index is 13.9. The van der Waals surface area contributed by atoms with Gasteiger partial charge in [-0.2, -0.15) is 0 Å². The van der Waals surface area contributed by atoms with Gasteiger partial charge in [-0.3, -0.25) is 9.69 Å². The summed E-state index contributed by atoms with van der Waals surface area (Å²) in [6, 6.07) is 4.71. The maximum Gasteiger partial charge on any atom is 0.233 e. The van der Waals surface area contributed by atoms with Gasteiger partial charge in [-0.25, -0.2) is 4.39 Å². The summed E-state index contributed by atoms with van der Waals surface area (Å²) in [5, 5.41) is 8.45. The van der Waals surface area contributed by atoms with Crippen molar-refractivity contribution < 1.29 is 9.18 Å². The molecule has 0 radical (unpaired) electrons. The Morgan fingerprint density at radius 1 is 1.32 bits per heavy atom. The van der Waals surface area contributed by atoms with Crippen molar-refractivity contribution in [2.45, 2.75) is 10.9 Å². The normalized spacial score (nSPS) is 15.5. The highest BCUT2D eigenvalue weighted by molar-refractivity contribution is 8.01. The zero-order valence-corrected chi connectivity index (χ0v) is 15.7. The molecule has 134 valence electrons. The molecule has 0 unspecified atom stereocenters. The van der Waals surface area contributed by atoms with Crippen molar-refractivity contribution in [2.75, 3.05) is 37.7 Å². The smallest absolute Gasteiger partial charge is 0.233 e. The van der Waals surface area contributed by atoms with Crippen LogP contribution in [0, 0.1) is 5.82 Å². The average molecular weight is 402 g/mol. The van der Waals surface area contributed by atoms with Gasteiger partial charge in [0.1, 0.15) is 5.82 Å². The summed E-state index contributed by atoms with van der Waals surface area (Å²) in [5.74, 6) is 0.0782. The van der Waals surface area contributed by atoms with Gasteiger partial charge in [0.15, 0.2) is 4.34 Å². The molecule has 25 heavy (non-hydrogen) atoms.